The van der Waals surface area contributed by atoms with Gasteiger partial charge in [-0.25, -0.2) is 4.79 Å². The minimum atomic E-state index is -1.15. The molecule has 1 aliphatic carbocycles. The van der Waals surface area contributed by atoms with Gasteiger partial charge in [-0.05, 0) is 44.9 Å². The van der Waals surface area contributed by atoms with Crippen molar-refractivity contribution >= 4 is 17.7 Å². The zero-order valence-corrected chi connectivity index (χ0v) is 23.7. The van der Waals surface area contributed by atoms with Gasteiger partial charge in [0.25, 0.3) is 0 Å². The second-order valence-electron chi connectivity index (χ2n) is 9.44. The molecule has 3 atom stereocenters. The lowest BCUT2D eigenvalue weighted by molar-refractivity contribution is -0.152. The minimum Gasteiger partial charge on any atom is -0.496 e. The summed E-state index contributed by atoms with van der Waals surface area (Å²) in [7, 11) is 4.57. The van der Waals surface area contributed by atoms with Crippen molar-refractivity contribution in [1.29, 1.82) is 0 Å². The SMILES string of the molecule is CCOC(=O)C1=C(C)NC2=C(C(=O)[C@H](C(=O)OCC)[C@H](c3ccccc3OC)C2)[C@H]1c1cccc(OC)c1OC. The van der Waals surface area contributed by atoms with Gasteiger partial charge in [0.1, 0.15) is 11.7 Å². The first kappa shape index (κ1) is 28.7. The predicted octanol–water partition coefficient (Wildman–Crippen LogP) is 4.43. The van der Waals surface area contributed by atoms with Gasteiger partial charge in [0.15, 0.2) is 17.3 Å². The number of dihydropyridines is 1. The molecule has 0 unspecified atom stereocenters. The Kier molecular flexibility index (Phi) is 8.82. The Morgan fingerprint density at radius 2 is 1.52 bits per heavy atom. The highest BCUT2D eigenvalue weighted by Crippen LogP contribution is 2.51. The van der Waals surface area contributed by atoms with E-state index in [9.17, 15) is 14.4 Å². The van der Waals surface area contributed by atoms with E-state index in [4.69, 9.17) is 23.7 Å². The molecule has 212 valence electrons. The first-order chi connectivity index (χ1) is 19.3. The summed E-state index contributed by atoms with van der Waals surface area (Å²) < 4.78 is 27.7. The van der Waals surface area contributed by atoms with Gasteiger partial charge >= 0.3 is 11.9 Å². The van der Waals surface area contributed by atoms with Crippen LogP contribution in [0.1, 0.15) is 50.2 Å². The number of hydrogen-bond acceptors (Lipinski definition) is 9. The summed E-state index contributed by atoms with van der Waals surface area (Å²) >= 11 is 0. The fourth-order valence-electron chi connectivity index (χ4n) is 5.73. The summed E-state index contributed by atoms with van der Waals surface area (Å²) in [5.74, 6) is -2.83. The third-order valence-corrected chi connectivity index (χ3v) is 7.34. The topological polar surface area (TPSA) is 109 Å². The van der Waals surface area contributed by atoms with E-state index in [1.807, 2.05) is 18.2 Å². The number of benzene rings is 2. The van der Waals surface area contributed by atoms with Gasteiger partial charge in [0, 0.05) is 28.4 Å². The molecule has 9 nitrogen and oxygen atoms in total. The van der Waals surface area contributed by atoms with Crippen molar-refractivity contribution in [2.75, 3.05) is 34.5 Å². The summed E-state index contributed by atoms with van der Waals surface area (Å²) in [6.07, 6.45) is 0.307. The van der Waals surface area contributed by atoms with Crippen LogP contribution in [-0.2, 0) is 23.9 Å². The molecular formula is C31H35NO8. The van der Waals surface area contributed by atoms with Crippen LogP contribution in [0.4, 0.5) is 0 Å². The van der Waals surface area contributed by atoms with E-state index >= 15 is 0 Å². The first-order valence-electron chi connectivity index (χ1n) is 13.2. The van der Waals surface area contributed by atoms with Crippen molar-refractivity contribution in [3.8, 4) is 17.2 Å². The Morgan fingerprint density at radius 1 is 0.875 bits per heavy atom. The van der Waals surface area contributed by atoms with E-state index in [1.54, 1.807) is 52.1 Å². The maximum absolute atomic E-state index is 14.5. The van der Waals surface area contributed by atoms with Crippen LogP contribution < -0.4 is 19.5 Å². The number of nitrogens with one attached hydrogen (secondary N) is 1. The van der Waals surface area contributed by atoms with Crippen LogP contribution in [-0.4, -0.2) is 52.3 Å². The Labute approximate surface area is 234 Å². The van der Waals surface area contributed by atoms with Crippen LogP contribution >= 0.6 is 0 Å². The molecule has 0 aromatic heterocycles. The Bertz CT molecular complexity index is 1380. The highest BCUT2D eigenvalue weighted by molar-refractivity contribution is 6.13. The summed E-state index contributed by atoms with van der Waals surface area (Å²) in [6, 6.07) is 12.6. The molecule has 4 rings (SSSR count). The van der Waals surface area contributed by atoms with Crippen molar-refractivity contribution in [2.45, 2.75) is 39.0 Å². The highest BCUT2D eigenvalue weighted by Gasteiger charge is 2.50. The molecule has 0 radical (unpaired) electrons. The lowest BCUT2D eigenvalue weighted by Gasteiger charge is -2.40. The molecule has 9 heteroatoms. The summed E-state index contributed by atoms with van der Waals surface area (Å²) in [5.41, 5.74) is 2.99. The number of hydrogen-bond donors (Lipinski definition) is 1. The average molecular weight is 550 g/mol. The lowest BCUT2D eigenvalue weighted by Crippen LogP contribution is -2.43. The maximum Gasteiger partial charge on any atom is 0.336 e. The third kappa shape index (κ3) is 5.03. The van der Waals surface area contributed by atoms with Crippen LogP contribution in [0.2, 0.25) is 0 Å². The number of carbonyl (C=O) groups is 3. The molecule has 0 fully saturated rings. The smallest absolute Gasteiger partial charge is 0.336 e. The van der Waals surface area contributed by atoms with Gasteiger partial charge in [-0.3, -0.25) is 9.59 Å². The molecule has 1 aliphatic heterocycles. The predicted molar refractivity (Wildman–Crippen MR) is 147 cm³/mol. The number of para-hydroxylation sites is 2. The normalized spacial score (nSPS) is 20.4. The van der Waals surface area contributed by atoms with E-state index in [-0.39, 0.29) is 18.8 Å². The van der Waals surface area contributed by atoms with Crippen LogP contribution in [0.3, 0.4) is 0 Å². The second kappa shape index (κ2) is 12.3. The molecule has 2 aromatic rings. The highest BCUT2D eigenvalue weighted by atomic mass is 16.5. The fraction of sp³-hybridized carbons (Fsp3) is 0.387. The Hall–Kier alpha value is -4.27. The molecule has 0 spiro atoms. The van der Waals surface area contributed by atoms with Crippen molar-refractivity contribution in [3.05, 3.63) is 76.1 Å². The number of rotatable bonds is 9. The zero-order chi connectivity index (χ0) is 29.0. The number of Topliss-reactive ketones (excluding diaryl/α,β-unsaturated/α-hetero) is 1. The molecular weight excluding hydrogens is 514 g/mol. The maximum atomic E-state index is 14.5. The van der Waals surface area contributed by atoms with E-state index in [2.05, 4.69) is 5.32 Å². The number of carbonyl (C=O) groups excluding carboxylic acids is 3. The molecule has 40 heavy (non-hydrogen) atoms. The first-order valence-corrected chi connectivity index (χ1v) is 13.2. The van der Waals surface area contributed by atoms with E-state index < -0.39 is 35.5 Å². The zero-order valence-electron chi connectivity index (χ0n) is 23.7. The van der Waals surface area contributed by atoms with Crippen LogP contribution in [0.25, 0.3) is 0 Å². The largest absolute Gasteiger partial charge is 0.496 e. The van der Waals surface area contributed by atoms with Gasteiger partial charge in [0.05, 0.1) is 46.0 Å². The molecule has 0 saturated heterocycles. The second-order valence-corrected chi connectivity index (χ2v) is 9.44. The van der Waals surface area contributed by atoms with Crippen molar-refractivity contribution in [3.63, 3.8) is 0 Å². The monoisotopic (exact) mass is 549 g/mol. The molecule has 0 amide bonds. The third-order valence-electron chi connectivity index (χ3n) is 7.34. The van der Waals surface area contributed by atoms with E-state index in [0.717, 1.165) is 5.56 Å². The number of methoxy groups -OCH3 is 3. The fourth-order valence-corrected chi connectivity index (χ4v) is 5.73. The van der Waals surface area contributed by atoms with Crippen LogP contribution in [0.15, 0.2) is 65.0 Å². The van der Waals surface area contributed by atoms with Crippen molar-refractivity contribution in [2.24, 2.45) is 5.92 Å². The molecule has 0 saturated carbocycles. The van der Waals surface area contributed by atoms with Gasteiger partial charge in [0.2, 0.25) is 0 Å². The summed E-state index contributed by atoms with van der Waals surface area (Å²) in [5, 5.41) is 3.31. The average Bonchev–Trinajstić information content (AvgIpc) is 2.95. The Morgan fingerprint density at radius 3 is 2.17 bits per heavy atom. The standard InChI is InChI=1S/C31H35NO8/c1-7-39-30(34)24-17(3)32-21-16-20(18-12-9-10-14-22(18)36-4)26(31(35)40-8-2)28(33)27(21)25(24)19-13-11-15-23(37-5)29(19)38-6/h9-15,20,25-26,32H,7-8,16H2,1-6H3/t20-,25-,26+/m0/s1. The van der Waals surface area contributed by atoms with E-state index in [1.165, 1.54) is 14.2 Å². The van der Waals surface area contributed by atoms with Gasteiger partial charge in [-0.1, -0.05) is 30.3 Å². The molecule has 1 N–H and O–H groups in total. The lowest BCUT2D eigenvalue weighted by atomic mass is 9.67. The van der Waals surface area contributed by atoms with Crippen LogP contribution in [0, 0.1) is 5.92 Å². The number of ketones is 1. The molecule has 2 aliphatic rings. The van der Waals surface area contributed by atoms with Gasteiger partial charge in [-0.15, -0.1) is 0 Å². The van der Waals surface area contributed by atoms with Gasteiger partial charge < -0.3 is 29.0 Å². The minimum absolute atomic E-state index is 0.117. The quantitative estimate of drug-likeness (QED) is 0.359. The molecule has 0 bridgehead atoms. The van der Waals surface area contributed by atoms with E-state index in [0.29, 0.717) is 46.2 Å². The number of esters is 2. The van der Waals surface area contributed by atoms with Crippen molar-refractivity contribution < 1.29 is 38.1 Å². The summed E-state index contributed by atoms with van der Waals surface area (Å²) in [6.45, 7) is 5.46. The van der Waals surface area contributed by atoms with Gasteiger partial charge in [-0.2, -0.15) is 0 Å². The molecule has 2 aromatic carbocycles. The van der Waals surface area contributed by atoms with Crippen molar-refractivity contribution in [1.82, 2.24) is 5.32 Å². The van der Waals surface area contributed by atoms with Crippen LogP contribution in [0.5, 0.6) is 17.2 Å². The number of allylic oxidation sites excluding steroid dienone is 3. The summed E-state index contributed by atoms with van der Waals surface area (Å²) in [4.78, 5) is 41.4. The Balaban J connectivity index is 1.98. The molecule has 1 heterocycles. The number of ether oxygens (including phenoxy) is 5.